The third kappa shape index (κ3) is 3.01. The molecule has 0 unspecified atom stereocenters. The predicted octanol–water partition coefficient (Wildman–Crippen LogP) is 2.33. The van der Waals surface area contributed by atoms with Crippen LogP contribution in [0.2, 0.25) is 0 Å². The number of amides is 1. The van der Waals surface area contributed by atoms with Crippen molar-refractivity contribution in [2.24, 2.45) is 0 Å². The summed E-state index contributed by atoms with van der Waals surface area (Å²) in [6.45, 7) is 3.79. The summed E-state index contributed by atoms with van der Waals surface area (Å²) in [4.78, 5) is 22.7. The Kier molecular flexibility index (Phi) is 3.39. The number of rotatable bonds is 3. The Balaban J connectivity index is 2.02. The summed E-state index contributed by atoms with van der Waals surface area (Å²) in [6.07, 6.45) is 1.98. The number of carbonyl (C=O) groups is 1. The van der Waals surface area contributed by atoms with Gasteiger partial charge in [-0.3, -0.25) is 10.1 Å². The number of thiazole rings is 1. The number of hydrogen-bond acceptors (Lipinski definition) is 4. The molecule has 0 aliphatic heterocycles. The van der Waals surface area contributed by atoms with Gasteiger partial charge in [-0.25, -0.2) is 4.98 Å². The first-order chi connectivity index (χ1) is 8.04. The van der Waals surface area contributed by atoms with E-state index >= 15 is 0 Å². The van der Waals surface area contributed by atoms with Gasteiger partial charge < -0.3 is 9.97 Å². The lowest BCUT2D eigenvalue weighted by Crippen LogP contribution is -2.15. The van der Waals surface area contributed by atoms with Crippen LogP contribution in [-0.2, 0) is 11.2 Å². The second kappa shape index (κ2) is 4.80. The summed E-state index contributed by atoms with van der Waals surface area (Å²) in [5.41, 5.74) is 1.86. The van der Waals surface area contributed by atoms with Gasteiger partial charge in [0.1, 0.15) is 0 Å². The Morgan fingerprint density at radius 1 is 1.53 bits per heavy atom. The Labute approximate surface area is 107 Å². The lowest BCUT2D eigenvalue weighted by atomic mass is 10.3. The molecule has 0 saturated heterocycles. The minimum atomic E-state index is -0.104. The minimum Gasteiger partial charge on any atom is -0.341 e. The summed E-state index contributed by atoms with van der Waals surface area (Å²) in [5.74, 6) is 0.372. The van der Waals surface area contributed by atoms with Crippen molar-refractivity contribution in [1.29, 1.82) is 0 Å². The molecule has 0 aliphatic rings. The number of nitrogens with zero attached hydrogens (tertiary/aromatic N) is 1. The molecule has 2 rings (SSSR count). The molecule has 17 heavy (non-hydrogen) atoms. The fraction of sp³-hybridized carbons (Fsp3) is 0.300. The van der Waals surface area contributed by atoms with Crippen LogP contribution in [-0.4, -0.2) is 20.9 Å². The number of nitrogens with one attached hydrogen (secondary N) is 3. The Morgan fingerprint density at radius 3 is 2.82 bits per heavy atom. The fourth-order valence-electron chi connectivity index (χ4n) is 1.40. The van der Waals surface area contributed by atoms with E-state index in [1.54, 1.807) is 6.20 Å². The summed E-state index contributed by atoms with van der Waals surface area (Å²) in [7, 11) is 0. The van der Waals surface area contributed by atoms with Crippen molar-refractivity contribution in [2.45, 2.75) is 20.3 Å². The number of H-pyrrole nitrogens is 2. The van der Waals surface area contributed by atoms with Gasteiger partial charge in [0.25, 0.3) is 0 Å². The van der Waals surface area contributed by atoms with Crippen molar-refractivity contribution < 1.29 is 4.79 Å². The van der Waals surface area contributed by atoms with Gasteiger partial charge in [-0.05, 0) is 26.1 Å². The number of anilines is 1. The molecule has 0 bridgehead atoms. The summed E-state index contributed by atoms with van der Waals surface area (Å²) in [5, 5.41) is 2.70. The van der Waals surface area contributed by atoms with Crippen molar-refractivity contribution in [1.82, 2.24) is 15.0 Å². The van der Waals surface area contributed by atoms with Crippen LogP contribution < -0.4 is 5.32 Å². The highest BCUT2D eigenvalue weighted by Crippen LogP contribution is 2.15. The maximum Gasteiger partial charge on any atom is 0.232 e. The number of carbonyl (C=O) groups excluding carboxylic acids is 1. The van der Waals surface area contributed by atoms with E-state index in [2.05, 4.69) is 20.3 Å². The number of imidazole rings is 1. The first-order valence-corrected chi connectivity index (χ1v) is 6.27. The topological polar surface area (TPSA) is 73.6 Å². The molecule has 90 valence electrons. The normalized spacial score (nSPS) is 10.5. The van der Waals surface area contributed by atoms with Crippen molar-refractivity contribution in [3.8, 4) is 0 Å². The first-order valence-electron chi connectivity index (χ1n) is 5.04. The SMILES string of the molecule is Cc1cnc(NC(=O)Cc2sc(=S)[nH]c2C)[nH]1. The van der Waals surface area contributed by atoms with E-state index in [1.807, 2.05) is 13.8 Å². The average molecular weight is 268 g/mol. The second-order valence-corrected chi connectivity index (χ2v) is 5.47. The lowest BCUT2D eigenvalue weighted by molar-refractivity contribution is -0.115. The Morgan fingerprint density at radius 2 is 2.29 bits per heavy atom. The summed E-state index contributed by atoms with van der Waals surface area (Å²) >= 11 is 6.45. The van der Waals surface area contributed by atoms with Crippen LogP contribution in [0.4, 0.5) is 5.95 Å². The Hall–Kier alpha value is -1.47. The van der Waals surface area contributed by atoms with Gasteiger partial charge >= 0.3 is 0 Å². The molecule has 2 aromatic heterocycles. The van der Waals surface area contributed by atoms with E-state index in [0.717, 1.165) is 16.3 Å². The van der Waals surface area contributed by atoms with Gasteiger partial charge in [0.15, 0.2) is 3.95 Å². The van der Waals surface area contributed by atoms with Gasteiger partial charge in [-0.1, -0.05) is 0 Å². The van der Waals surface area contributed by atoms with E-state index in [9.17, 15) is 4.79 Å². The van der Waals surface area contributed by atoms with Crippen LogP contribution in [0.5, 0.6) is 0 Å². The van der Waals surface area contributed by atoms with Crippen LogP contribution in [0.1, 0.15) is 16.3 Å². The third-order valence-electron chi connectivity index (χ3n) is 2.21. The van der Waals surface area contributed by atoms with E-state index in [1.165, 1.54) is 11.3 Å². The molecular formula is C10H12N4OS2. The van der Waals surface area contributed by atoms with Crippen molar-refractivity contribution in [2.75, 3.05) is 5.32 Å². The summed E-state index contributed by atoms with van der Waals surface area (Å²) in [6, 6.07) is 0. The zero-order valence-electron chi connectivity index (χ0n) is 9.46. The van der Waals surface area contributed by atoms with Crippen LogP contribution in [0.15, 0.2) is 6.20 Å². The van der Waals surface area contributed by atoms with Crippen molar-refractivity contribution in [3.63, 3.8) is 0 Å². The highest BCUT2D eigenvalue weighted by Gasteiger charge is 2.10. The molecule has 2 aromatic rings. The molecule has 3 N–H and O–H groups in total. The fourth-order valence-corrected chi connectivity index (χ4v) is 2.69. The average Bonchev–Trinajstić information content (AvgIpc) is 2.74. The number of aromatic nitrogens is 3. The van der Waals surface area contributed by atoms with Gasteiger partial charge in [0.2, 0.25) is 11.9 Å². The highest BCUT2D eigenvalue weighted by atomic mass is 32.1. The molecule has 0 atom stereocenters. The molecule has 7 heteroatoms. The quantitative estimate of drug-likeness (QED) is 0.748. The standard InChI is InChI=1S/C10H12N4OS2/c1-5-4-11-9(12-5)14-8(15)3-7-6(2)13-10(16)17-7/h4H,3H2,1-2H3,(H,13,16)(H2,11,12,14,15). The molecule has 2 heterocycles. The molecule has 5 nitrogen and oxygen atoms in total. The van der Waals surface area contributed by atoms with E-state index in [0.29, 0.717) is 16.3 Å². The molecule has 0 fully saturated rings. The largest absolute Gasteiger partial charge is 0.341 e. The maximum atomic E-state index is 11.7. The highest BCUT2D eigenvalue weighted by molar-refractivity contribution is 7.73. The van der Waals surface area contributed by atoms with Crippen molar-refractivity contribution >= 4 is 35.4 Å². The van der Waals surface area contributed by atoms with E-state index in [4.69, 9.17) is 12.2 Å². The zero-order valence-corrected chi connectivity index (χ0v) is 11.1. The van der Waals surface area contributed by atoms with Crippen LogP contribution in [0.3, 0.4) is 0 Å². The minimum absolute atomic E-state index is 0.104. The molecular weight excluding hydrogens is 256 g/mol. The second-order valence-electron chi connectivity index (χ2n) is 3.70. The number of aryl methyl sites for hydroxylation is 2. The van der Waals surface area contributed by atoms with Crippen molar-refractivity contribution in [3.05, 3.63) is 26.4 Å². The molecule has 0 aliphatic carbocycles. The smallest absolute Gasteiger partial charge is 0.232 e. The van der Waals surface area contributed by atoms with Gasteiger partial charge in [-0.15, -0.1) is 11.3 Å². The van der Waals surface area contributed by atoms with E-state index in [-0.39, 0.29) is 5.91 Å². The zero-order chi connectivity index (χ0) is 12.4. The van der Waals surface area contributed by atoms with Gasteiger partial charge in [0, 0.05) is 22.5 Å². The van der Waals surface area contributed by atoms with Crippen LogP contribution in [0.25, 0.3) is 0 Å². The van der Waals surface area contributed by atoms with E-state index < -0.39 is 0 Å². The number of hydrogen-bond donors (Lipinski definition) is 3. The molecule has 0 aromatic carbocycles. The molecule has 0 radical (unpaired) electrons. The summed E-state index contributed by atoms with van der Waals surface area (Å²) < 4.78 is 0.694. The third-order valence-corrected chi connectivity index (χ3v) is 3.54. The van der Waals surface area contributed by atoms with Gasteiger partial charge in [0.05, 0.1) is 6.42 Å². The Bertz CT molecular complexity index is 595. The number of aromatic amines is 2. The molecule has 0 spiro atoms. The van der Waals surface area contributed by atoms with Crippen LogP contribution in [0, 0.1) is 17.8 Å². The first kappa shape index (κ1) is 12.0. The lowest BCUT2D eigenvalue weighted by Gasteiger charge is -2.00. The predicted molar refractivity (Wildman–Crippen MR) is 69.9 cm³/mol. The maximum absolute atomic E-state index is 11.7. The van der Waals surface area contributed by atoms with Crippen LogP contribution >= 0.6 is 23.6 Å². The molecule has 1 amide bonds. The molecule has 0 saturated carbocycles. The monoisotopic (exact) mass is 268 g/mol. The van der Waals surface area contributed by atoms with Gasteiger partial charge in [-0.2, -0.15) is 0 Å².